The van der Waals surface area contributed by atoms with Crippen molar-refractivity contribution in [2.45, 2.75) is 44.2 Å². The Kier molecular flexibility index (Phi) is 4.60. The summed E-state index contributed by atoms with van der Waals surface area (Å²) in [5.41, 5.74) is 7.60. The third-order valence-corrected chi connectivity index (χ3v) is 5.38. The highest BCUT2D eigenvalue weighted by atomic mass is 16.5. The molecule has 5 heteroatoms. The summed E-state index contributed by atoms with van der Waals surface area (Å²) in [4.78, 5) is 15.3. The average molecular weight is 317 g/mol. The van der Waals surface area contributed by atoms with Gasteiger partial charge in [-0.1, -0.05) is 19.1 Å². The van der Waals surface area contributed by atoms with Crippen LogP contribution in [-0.4, -0.2) is 43.6 Å². The number of carbonyl (C=O) groups is 1. The highest BCUT2D eigenvalue weighted by molar-refractivity contribution is 5.89. The topological polar surface area (TPSA) is 67.6 Å². The van der Waals surface area contributed by atoms with Crippen LogP contribution < -0.4 is 15.8 Å². The highest BCUT2D eigenvalue weighted by Gasteiger charge is 2.43. The van der Waals surface area contributed by atoms with Crippen LogP contribution in [0.25, 0.3) is 0 Å². The van der Waals surface area contributed by atoms with Crippen LogP contribution in [0.5, 0.6) is 5.75 Å². The molecule has 126 valence electrons. The lowest BCUT2D eigenvalue weighted by Crippen LogP contribution is -2.54. The second kappa shape index (κ2) is 6.49. The molecule has 1 amide bonds. The minimum absolute atomic E-state index is 0.0422. The van der Waals surface area contributed by atoms with Crippen molar-refractivity contribution in [1.82, 2.24) is 10.2 Å². The standard InChI is InChI=1S/C18H27N3O2/c1-3-21-11-8-13(9-12-21)20-17(22)18(19)10-7-14-15(18)5-4-6-16(14)23-2/h4-6,13H,3,7-12,19H2,1-2H3,(H,20,22). The first-order chi connectivity index (χ1) is 11.1. The van der Waals surface area contributed by atoms with Crippen molar-refractivity contribution in [2.24, 2.45) is 5.73 Å². The molecule has 1 saturated heterocycles. The van der Waals surface area contributed by atoms with Crippen LogP contribution in [0.1, 0.15) is 37.3 Å². The first-order valence-corrected chi connectivity index (χ1v) is 8.57. The van der Waals surface area contributed by atoms with Crippen LogP contribution >= 0.6 is 0 Å². The van der Waals surface area contributed by atoms with E-state index in [-0.39, 0.29) is 11.9 Å². The van der Waals surface area contributed by atoms with Gasteiger partial charge in [-0.05, 0) is 49.4 Å². The predicted molar refractivity (Wildman–Crippen MR) is 90.5 cm³/mol. The minimum atomic E-state index is -0.925. The number of rotatable bonds is 4. The number of hydrogen-bond donors (Lipinski definition) is 2. The number of carbonyl (C=O) groups excluding carboxylic acids is 1. The van der Waals surface area contributed by atoms with Gasteiger partial charge in [0.25, 0.3) is 0 Å². The Balaban J connectivity index is 1.72. The summed E-state index contributed by atoms with van der Waals surface area (Å²) in [6.45, 7) is 5.35. The third-order valence-electron chi connectivity index (χ3n) is 5.38. The van der Waals surface area contributed by atoms with E-state index in [4.69, 9.17) is 10.5 Å². The van der Waals surface area contributed by atoms with E-state index < -0.39 is 5.54 Å². The van der Waals surface area contributed by atoms with Gasteiger partial charge >= 0.3 is 0 Å². The molecule has 1 aliphatic heterocycles. The van der Waals surface area contributed by atoms with E-state index in [2.05, 4.69) is 17.1 Å². The van der Waals surface area contributed by atoms with E-state index in [1.165, 1.54) is 0 Å². The fourth-order valence-corrected chi connectivity index (χ4v) is 3.83. The van der Waals surface area contributed by atoms with Gasteiger partial charge in [0, 0.05) is 19.1 Å². The maximum Gasteiger partial charge on any atom is 0.244 e. The number of nitrogens with zero attached hydrogens (tertiary/aromatic N) is 1. The number of nitrogens with two attached hydrogens (primary N) is 1. The Morgan fingerprint density at radius 1 is 1.43 bits per heavy atom. The molecule has 1 heterocycles. The van der Waals surface area contributed by atoms with E-state index in [1.807, 2.05) is 18.2 Å². The van der Waals surface area contributed by atoms with Gasteiger partial charge in [0.1, 0.15) is 11.3 Å². The van der Waals surface area contributed by atoms with Gasteiger partial charge in [-0.25, -0.2) is 0 Å². The Hall–Kier alpha value is -1.59. The number of nitrogens with one attached hydrogen (secondary N) is 1. The van der Waals surface area contributed by atoms with E-state index in [0.717, 1.165) is 55.8 Å². The number of hydrogen-bond acceptors (Lipinski definition) is 4. The second-order valence-corrected chi connectivity index (χ2v) is 6.64. The number of likely N-dealkylation sites (tertiary alicyclic amines) is 1. The molecule has 0 aromatic heterocycles. The zero-order valence-electron chi connectivity index (χ0n) is 14.1. The Morgan fingerprint density at radius 2 is 2.17 bits per heavy atom. The summed E-state index contributed by atoms with van der Waals surface area (Å²) in [6.07, 6.45) is 3.43. The summed E-state index contributed by atoms with van der Waals surface area (Å²) in [5.74, 6) is 0.790. The number of piperidine rings is 1. The maximum absolute atomic E-state index is 12.9. The maximum atomic E-state index is 12.9. The number of benzene rings is 1. The summed E-state index contributed by atoms with van der Waals surface area (Å²) >= 11 is 0. The molecule has 0 radical (unpaired) electrons. The highest BCUT2D eigenvalue weighted by Crippen LogP contribution is 2.39. The largest absolute Gasteiger partial charge is 0.496 e. The molecule has 2 aliphatic rings. The quantitative estimate of drug-likeness (QED) is 0.881. The number of amides is 1. The monoisotopic (exact) mass is 317 g/mol. The van der Waals surface area contributed by atoms with Gasteiger partial charge < -0.3 is 20.7 Å². The van der Waals surface area contributed by atoms with Crippen LogP contribution in [0.3, 0.4) is 0 Å². The number of fused-ring (bicyclic) bond motifs is 1. The molecule has 5 nitrogen and oxygen atoms in total. The molecule has 1 aromatic carbocycles. The fourth-order valence-electron chi connectivity index (χ4n) is 3.83. The molecule has 0 bridgehead atoms. The summed E-state index contributed by atoms with van der Waals surface area (Å²) < 4.78 is 5.41. The van der Waals surface area contributed by atoms with Crippen LogP contribution in [-0.2, 0) is 16.8 Å². The molecule has 3 rings (SSSR count). The van der Waals surface area contributed by atoms with Gasteiger partial charge in [0.2, 0.25) is 5.91 Å². The zero-order chi connectivity index (χ0) is 16.4. The lowest BCUT2D eigenvalue weighted by Gasteiger charge is -2.34. The Labute approximate surface area is 138 Å². The first kappa shape index (κ1) is 16.3. The SMILES string of the molecule is CCN1CCC(NC(=O)C2(N)CCc3c(OC)cccc32)CC1. The van der Waals surface area contributed by atoms with Crippen molar-refractivity contribution >= 4 is 5.91 Å². The van der Waals surface area contributed by atoms with E-state index in [0.29, 0.717) is 6.42 Å². The van der Waals surface area contributed by atoms with Crippen LogP contribution in [0.4, 0.5) is 0 Å². The van der Waals surface area contributed by atoms with E-state index in [1.54, 1.807) is 7.11 Å². The molecule has 1 aliphatic carbocycles. The number of methoxy groups -OCH3 is 1. The summed E-state index contributed by atoms with van der Waals surface area (Å²) in [6, 6.07) is 6.05. The Bertz CT molecular complexity index is 582. The van der Waals surface area contributed by atoms with Crippen molar-refractivity contribution in [3.8, 4) is 5.75 Å². The molecular formula is C18H27N3O2. The van der Waals surface area contributed by atoms with Crippen molar-refractivity contribution < 1.29 is 9.53 Å². The van der Waals surface area contributed by atoms with E-state index in [9.17, 15) is 4.79 Å². The molecule has 1 fully saturated rings. The van der Waals surface area contributed by atoms with Gasteiger partial charge in [0.05, 0.1) is 7.11 Å². The van der Waals surface area contributed by atoms with Crippen molar-refractivity contribution in [2.75, 3.05) is 26.7 Å². The first-order valence-electron chi connectivity index (χ1n) is 8.57. The van der Waals surface area contributed by atoms with E-state index >= 15 is 0 Å². The number of ether oxygens (including phenoxy) is 1. The molecule has 3 N–H and O–H groups in total. The molecule has 23 heavy (non-hydrogen) atoms. The third kappa shape index (κ3) is 2.95. The average Bonchev–Trinajstić information content (AvgIpc) is 2.94. The molecular weight excluding hydrogens is 290 g/mol. The van der Waals surface area contributed by atoms with Crippen molar-refractivity contribution in [3.63, 3.8) is 0 Å². The van der Waals surface area contributed by atoms with Crippen molar-refractivity contribution in [3.05, 3.63) is 29.3 Å². The predicted octanol–water partition coefficient (Wildman–Crippen LogP) is 1.40. The molecule has 0 saturated carbocycles. The minimum Gasteiger partial charge on any atom is -0.496 e. The van der Waals surface area contributed by atoms with Gasteiger partial charge in [-0.3, -0.25) is 4.79 Å². The van der Waals surface area contributed by atoms with Gasteiger partial charge in [0.15, 0.2) is 0 Å². The second-order valence-electron chi connectivity index (χ2n) is 6.64. The molecule has 1 atom stereocenters. The van der Waals surface area contributed by atoms with Crippen LogP contribution in [0, 0.1) is 0 Å². The lowest BCUT2D eigenvalue weighted by molar-refractivity contribution is -0.127. The lowest BCUT2D eigenvalue weighted by atomic mass is 9.91. The van der Waals surface area contributed by atoms with Crippen LogP contribution in [0.15, 0.2) is 18.2 Å². The van der Waals surface area contributed by atoms with Gasteiger partial charge in [-0.15, -0.1) is 0 Å². The zero-order valence-corrected chi connectivity index (χ0v) is 14.1. The molecule has 1 unspecified atom stereocenters. The summed E-state index contributed by atoms with van der Waals surface area (Å²) in [5, 5.41) is 3.19. The smallest absolute Gasteiger partial charge is 0.244 e. The fraction of sp³-hybridized carbons (Fsp3) is 0.611. The van der Waals surface area contributed by atoms with Crippen LogP contribution in [0.2, 0.25) is 0 Å². The van der Waals surface area contributed by atoms with Crippen molar-refractivity contribution in [1.29, 1.82) is 0 Å². The molecule has 1 aromatic rings. The summed E-state index contributed by atoms with van der Waals surface area (Å²) in [7, 11) is 1.66. The van der Waals surface area contributed by atoms with Gasteiger partial charge in [-0.2, -0.15) is 0 Å². The normalized spacial score (nSPS) is 25.2. The Morgan fingerprint density at radius 3 is 2.83 bits per heavy atom. The molecule has 0 spiro atoms.